The minimum Gasteiger partial charge on any atom is -0.370 e. The van der Waals surface area contributed by atoms with E-state index in [4.69, 9.17) is 10.9 Å². The van der Waals surface area contributed by atoms with E-state index >= 15 is 0 Å². The lowest BCUT2D eigenvalue weighted by Crippen LogP contribution is -2.33. The van der Waals surface area contributed by atoms with E-state index in [2.05, 4.69) is 10.3 Å². The summed E-state index contributed by atoms with van der Waals surface area (Å²) in [4.78, 5) is 4.34. The number of guanidine groups is 1. The Bertz CT molecular complexity index is 606. The Kier molecular flexibility index (Phi) is 3.77. The number of hydrogen-bond acceptors (Lipinski definition) is 3. The molecule has 0 aromatic heterocycles. The highest BCUT2D eigenvalue weighted by Gasteiger charge is 2.21. The van der Waals surface area contributed by atoms with Gasteiger partial charge < -0.3 is 11.1 Å². The zero-order valence-electron chi connectivity index (χ0n) is 10.8. The van der Waals surface area contributed by atoms with Crippen LogP contribution in [0.15, 0.2) is 28.1 Å². The fourth-order valence-electron chi connectivity index (χ4n) is 1.68. The van der Waals surface area contributed by atoms with Crippen LogP contribution in [0.4, 0.5) is 0 Å². The number of rotatable bonds is 4. The largest absolute Gasteiger partial charge is 0.370 e. The number of nitrogens with zero attached hydrogens (tertiary/aromatic N) is 1. The number of aryl methyl sites for hydroxylation is 1. The van der Waals surface area contributed by atoms with Crippen LogP contribution in [-0.4, -0.2) is 20.4 Å². The predicted molar refractivity (Wildman–Crippen MR) is 74.0 cm³/mol. The van der Waals surface area contributed by atoms with Crippen LogP contribution in [0.2, 0.25) is 0 Å². The Hall–Kier alpha value is -1.60. The Morgan fingerprint density at radius 3 is 2.68 bits per heavy atom. The topological polar surface area (TPSA) is 111 Å². The molecule has 5 N–H and O–H groups in total. The second kappa shape index (κ2) is 5.18. The molecule has 1 aromatic carbocycles. The van der Waals surface area contributed by atoms with Crippen LogP contribution in [0.1, 0.15) is 24.0 Å². The van der Waals surface area contributed by atoms with Crippen molar-refractivity contribution in [3.05, 3.63) is 29.3 Å². The van der Waals surface area contributed by atoms with Gasteiger partial charge in [0, 0.05) is 6.04 Å². The summed E-state index contributed by atoms with van der Waals surface area (Å²) in [7, 11) is -3.65. The Morgan fingerprint density at radius 1 is 1.47 bits per heavy atom. The molecule has 0 spiro atoms. The Labute approximate surface area is 113 Å². The van der Waals surface area contributed by atoms with Crippen molar-refractivity contribution in [2.24, 2.45) is 15.9 Å². The summed E-state index contributed by atoms with van der Waals surface area (Å²) in [6.07, 6.45) is 2.27. The van der Waals surface area contributed by atoms with Gasteiger partial charge in [0.05, 0.1) is 11.4 Å². The summed E-state index contributed by atoms with van der Waals surface area (Å²) >= 11 is 0. The highest BCUT2D eigenvalue weighted by molar-refractivity contribution is 7.89. The second-order valence-electron chi connectivity index (χ2n) is 4.75. The summed E-state index contributed by atoms with van der Waals surface area (Å²) in [5, 5.41) is 8.17. The van der Waals surface area contributed by atoms with E-state index in [1.165, 1.54) is 6.07 Å². The summed E-state index contributed by atoms with van der Waals surface area (Å²) in [5.74, 6) is 0.428. The van der Waals surface area contributed by atoms with Crippen LogP contribution in [0, 0.1) is 6.92 Å². The van der Waals surface area contributed by atoms with Crippen molar-refractivity contribution < 1.29 is 8.42 Å². The molecule has 0 amide bonds. The van der Waals surface area contributed by atoms with E-state index in [0.29, 0.717) is 18.5 Å². The number of sulfonamides is 1. The monoisotopic (exact) mass is 282 g/mol. The van der Waals surface area contributed by atoms with Crippen LogP contribution < -0.4 is 16.2 Å². The average molecular weight is 282 g/mol. The predicted octanol–water partition coefficient (Wildman–Crippen LogP) is 0.209. The van der Waals surface area contributed by atoms with Gasteiger partial charge in [0.1, 0.15) is 0 Å². The fourth-order valence-corrected chi connectivity index (χ4v) is 2.27. The van der Waals surface area contributed by atoms with E-state index < -0.39 is 10.0 Å². The smallest absolute Gasteiger partial charge is 0.238 e. The van der Waals surface area contributed by atoms with Gasteiger partial charge in [-0.15, -0.1) is 0 Å². The molecule has 0 heterocycles. The van der Waals surface area contributed by atoms with Crippen molar-refractivity contribution in [1.29, 1.82) is 0 Å². The molecule has 1 aliphatic rings. The van der Waals surface area contributed by atoms with Crippen LogP contribution in [0.3, 0.4) is 0 Å². The molecule has 0 unspecified atom stereocenters. The second-order valence-corrected chi connectivity index (χ2v) is 6.31. The minimum absolute atomic E-state index is 0.113. The molecule has 1 aromatic rings. The van der Waals surface area contributed by atoms with Crippen molar-refractivity contribution in [2.45, 2.75) is 37.2 Å². The first kappa shape index (κ1) is 13.8. The van der Waals surface area contributed by atoms with Crippen LogP contribution in [0.5, 0.6) is 0 Å². The SMILES string of the molecule is Cc1cc(S(N)(=O)=O)ccc1CN=C(N)NC1CC1. The first-order chi connectivity index (χ1) is 8.86. The van der Waals surface area contributed by atoms with Crippen LogP contribution >= 0.6 is 0 Å². The van der Waals surface area contributed by atoms with Gasteiger partial charge in [-0.25, -0.2) is 18.5 Å². The number of benzene rings is 1. The van der Waals surface area contributed by atoms with Crippen LogP contribution in [-0.2, 0) is 16.6 Å². The van der Waals surface area contributed by atoms with E-state index in [-0.39, 0.29) is 4.90 Å². The Morgan fingerprint density at radius 2 is 2.16 bits per heavy atom. The summed E-state index contributed by atoms with van der Waals surface area (Å²) in [6.45, 7) is 2.24. The van der Waals surface area contributed by atoms with Crippen molar-refractivity contribution in [3.8, 4) is 0 Å². The number of hydrogen-bond donors (Lipinski definition) is 3. The molecular weight excluding hydrogens is 264 g/mol. The third-order valence-electron chi connectivity index (χ3n) is 2.99. The van der Waals surface area contributed by atoms with Gasteiger partial charge in [-0.3, -0.25) is 0 Å². The molecule has 0 aliphatic heterocycles. The van der Waals surface area contributed by atoms with Gasteiger partial charge in [0.15, 0.2) is 5.96 Å². The number of nitrogens with two attached hydrogens (primary N) is 2. The van der Waals surface area contributed by atoms with Gasteiger partial charge in [0.2, 0.25) is 10.0 Å². The van der Waals surface area contributed by atoms with Crippen molar-refractivity contribution in [3.63, 3.8) is 0 Å². The van der Waals surface area contributed by atoms with E-state index in [1.54, 1.807) is 12.1 Å². The maximum atomic E-state index is 11.2. The van der Waals surface area contributed by atoms with E-state index in [0.717, 1.165) is 24.0 Å². The first-order valence-corrected chi connectivity index (χ1v) is 7.59. The highest BCUT2D eigenvalue weighted by atomic mass is 32.2. The average Bonchev–Trinajstić information content (AvgIpc) is 3.10. The van der Waals surface area contributed by atoms with Crippen molar-refractivity contribution in [1.82, 2.24) is 5.32 Å². The van der Waals surface area contributed by atoms with Gasteiger partial charge in [-0.05, 0) is 43.0 Å². The molecular formula is C12H18N4O2S. The van der Waals surface area contributed by atoms with E-state index in [9.17, 15) is 8.42 Å². The first-order valence-electron chi connectivity index (χ1n) is 6.05. The maximum absolute atomic E-state index is 11.2. The lowest BCUT2D eigenvalue weighted by atomic mass is 10.1. The molecule has 19 heavy (non-hydrogen) atoms. The molecule has 0 saturated heterocycles. The van der Waals surface area contributed by atoms with Gasteiger partial charge in [0.25, 0.3) is 0 Å². The number of aliphatic imine (C=N–C) groups is 1. The third-order valence-corrected chi connectivity index (χ3v) is 3.90. The number of nitrogens with one attached hydrogen (secondary N) is 1. The molecule has 1 fully saturated rings. The molecule has 0 atom stereocenters. The molecule has 7 heteroatoms. The normalized spacial score (nSPS) is 16.4. The van der Waals surface area contributed by atoms with E-state index in [1.807, 2.05) is 6.92 Å². The fraction of sp³-hybridized carbons (Fsp3) is 0.417. The van der Waals surface area contributed by atoms with Gasteiger partial charge in [-0.2, -0.15) is 0 Å². The molecule has 2 rings (SSSR count). The molecule has 104 valence electrons. The molecule has 6 nitrogen and oxygen atoms in total. The summed E-state index contributed by atoms with van der Waals surface area (Å²) < 4.78 is 22.4. The summed E-state index contributed by atoms with van der Waals surface area (Å²) in [5.41, 5.74) is 7.49. The summed E-state index contributed by atoms with van der Waals surface area (Å²) in [6, 6.07) is 5.21. The standard InChI is InChI=1S/C12H18N4O2S/c1-8-6-11(19(14,17)18)5-2-9(8)7-15-12(13)16-10-3-4-10/h2,5-6,10H,3-4,7H2,1H3,(H3,13,15,16)(H2,14,17,18). The van der Waals surface area contributed by atoms with Crippen molar-refractivity contribution in [2.75, 3.05) is 0 Å². The zero-order valence-corrected chi connectivity index (χ0v) is 11.6. The quantitative estimate of drug-likeness (QED) is 0.541. The molecule has 0 bridgehead atoms. The number of primary sulfonamides is 1. The van der Waals surface area contributed by atoms with Crippen LogP contribution in [0.25, 0.3) is 0 Å². The van der Waals surface area contributed by atoms with Crippen molar-refractivity contribution >= 4 is 16.0 Å². The zero-order chi connectivity index (χ0) is 14.0. The molecule has 0 radical (unpaired) electrons. The molecule has 1 aliphatic carbocycles. The molecule has 1 saturated carbocycles. The van der Waals surface area contributed by atoms with Gasteiger partial charge >= 0.3 is 0 Å². The lowest BCUT2D eigenvalue weighted by Gasteiger charge is -2.07. The third kappa shape index (κ3) is 3.93. The Balaban J connectivity index is 2.08. The minimum atomic E-state index is -3.65. The van der Waals surface area contributed by atoms with Gasteiger partial charge in [-0.1, -0.05) is 6.07 Å². The lowest BCUT2D eigenvalue weighted by molar-refractivity contribution is 0.597. The highest BCUT2D eigenvalue weighted by Crippen LogP contribution is 2.18. The maximum Gasteiger partial charge on any atom is 0.238 e.